The maximum Gasteiger partial charge on any atom is 1.00 e. The van der Waals surface area contributed by atoms with Crippen molar-refractivity contribution in [3.63, 3.8) is 0 Å². The fourth-order valence-electron chi connectivity index (χ4n) is 2.66. The Hall–Kier alpha value is -1.04. The van der Waals surface area contributed by atoms with E-state index in [1.165, 1.54) is 0 Å². The average Bonchev–Trinajstić information content (AvgIpc) is 2.95. The molecule has 0 saturated heterocycles. The van der Waals surface area contributed by atoms with Gasteiger partial charge in [0.2, 0.25) is 0 Å². The van der Waals surface area contributed by atoms with Crippen molar-refractivity contribution >= 4 is 12.2 Å². The van der Waals surface area contributed by atoms with Gasteiger partial charge in [0.05, 0.1) is 11.4 Å². The van der Waals surface area contributed by atoms with Gasteiger partial charge in [0.15, 0.2) is 0 Å². The third-order valence-electron chi connectivity index (χ3n) is 3.64. The molecule has 0 aromatic heterocycles. The summed E-state index contributed by atoms with van der Waals surface area (Å²) in [6.45, 7) is 0.588. The minimum absolute atomic E-state index is 0. The number of nitrogens with zero attached hydrogens (tertiary/aromatic N) is 2. The predicted octanol–water partition coefficient (Wildman–Crippen LogP) is -0.749. The van der Waals surface area contributed by atoms with Crippen LogP contribution in [0, 0.1) is 0 Å². The van der Waals surface area contributed by atoms with E-state index in [1.54, 1.807) is 4.90 Å². The molecule has 1 spiro atoms. The first kappa shape index (κ1) is 13.4. The van der Waals surface area contributed by atoms with Crippen molar-refractivity contribution < 1.29 is 23.7 Å². The summed E-state index contributed by atoms with van der Waals surface area (Å²) in [5.74, 6) is 0.138. The fraction of sp³-hybridized carbons (Fsp3) is 0.429. The van der Waals surface area contributed by atoms with Gasteiger partial charge < -0.3 is 14.7 Å². The molecule has 2 aliphatic rings. The second-order valence-electron chi connectivity index (χ2n) is 4.83. The molecule has 88 valence electrons. The normalized spacial score (nSPS) is 20.4. The average molecular weight is 234 g/mol. The van der Waals surface area contributed by atoms with Crippen molar-refractivity contribution in [1.29, 1.82) is 0 Å². The molecule has 1 saturated carbocycles. The van der Waals surface area contributed by atoms with E-state index < -0.39 is 5.54 Å². The molecular formula is C14H15LiN2O. The number of hydrogen-bond donors (Lipinski definition) is 0. The minimum Gasteiger partial charge on any atom is -0.461 e. The van der Waals surface area contributed by atoms with Crippen molar-refractivity contribution in [2.75, 3.05) is 0 Å². The Morgan fingerprint density at radius 3 is 2.56 bits per heavy atom. The summed E-state index contributed by atoms with van der Waals surface area (Å²) in [7, 11) is 0. The van der Waals surface area contributed by atoms with Crippen LogP contribution in [-0.4, -0.2) is 22.7 Å². The van der Waals surface area contributed by atoms with Crippen LogP contribution >= 0.6 is 0 Å². The van der Waals surface area contributed by atoms with Crippen molar-refractivity contribution in [1.82, 2.24) is 4.90 Å². The standard InChI is InChI=1S/C14H15N2O.Li/c17-13-14(8-4-5-9-14)15-11-16(13)10-12-6-2-1-3-7-12;/h1-3,6-7H,4-5,8-10H2;/q-1;+1. The Morgan fingerprint density at radius 2 is 1.89 bits per heavy atom. The van der Waals surface area contributed by atoms with Gasteiger partial charge in [-0.3, -0.25) is 0 Å². The van der Waals surface area contributed by atoms with Crippen LogP contribution < -0.4 is 18.9 Å². The summed E-state index contributed by atoms with van der Waals surface area (Å²) in [5, 5.41) is 0. The minimum atomic E-state index is -0.450. The molecule has 0 radical (unpaired) electrons. The first-order chi connectivity index (χ1) is 8.30. The second-order valence-corrected chi connectivity index (χ2v) is 4.83. The first-order valence-electron chi connectivity index (χ1n) is 6.14. The molecule has 18 heavy (non-hydrogen) atoms. The summed E-state index contributed by atoms with van der Waals surface area (Å²) >= 11 is 0. The molecule has 0 N–H and O–H groups in total. The van der Waals surface area contributed by atoms with Gasteiger partial charge in [-0.25, -0.2) is 0 Å². The number of hydrogen-bond acceptors (Lipinski definition) is 2. The van der Waals surface area contributed by atoms with E-state index in [2.05, 4.69) is 11.3 Å². The molecule has 1 heterocycles. The molecule has 3 rings (SSSR count). The molecule has 1 aliphatic heterocycles. The number of carbonyl (C=O) groups is 1. The molecule has 0 bridgehead atoms. The Labute approximate surface area is 119 Å². The Morgan fingerprint density at radius 1 is 1.22 bits per heavy atom. The van der Waals surface area contributed by atoms with Crippen molar-refractivity contribution in [2.45, 2.75) is 37.8 Å². The van der Waals surface area contributed by atoms with Crippen LogP contribution in [0.4, 0.5) is 0 Å². The van der Waals surface area contributed by atoms with Gasteiger partial charge in [0.25, 0.3) is 0 Å². The predicted molar refractivity (Wildman–Crippen MR) is 65.6 cm³/mol. The fourth-order valence-corrected chi connectivity index (χ4v) is 2.66. The largest absolute Gasteiger partial charge is 1.00 e. The van der Waals surface area contributed by atoms with E-state index in [9.17, 15) is 4.79 Å². The van der Waals surface area contributed by atoms with Crippen LogP contribution in [0.25, 0.3) is 0 Å². The summed E-state index contributed by atoms with van der Waals surface area (Å²) in [4.78, 5) is 18.3. The molecule has 3 nitrogen and oxygen atoms in total. The third-order valence-corrected chi connectivity index (χ3v) is 3.64. The number of rotatable bonds is 2. The topological polar surface area (TPSA) is 32.7 Å². The molecule has 4 heteroatoms. The molecule has 0 atom stereocenters. The number of aliphatic imine (C=N–C) groups is 1. The van der Waals surface area contributed by atoms with Crippen molar-refractivity contribution in [3.05, 3.63) is 35.9 Å². The van der Waals surface area contributed by atoms with Crippen LogP contribution in [0.5, 0.6) is 0 Å². The smallest absolute Gasteiger partial charge is 0.461 e. The molecule has 1 aromatic carbocycles. The maximum atomic E-state index is 12.3. The molecule has 1 aromatic rings. The van der Waals surface area contributed by atoms with Gasteiger partial charge in [-0.1, -0.05) is 49.5 Å². The van der Waals surface area contributed by atoms with Gasteiger partial charge in [-0.2, -0.15) is 0 Å². The zero-order chi connectivity index (χ0) is 11.7. The van der Waals surface area contributed by atoms with E-state index in [4.69, 9.17) is 0 Å². The maximum absolute atomic E-state index is 12.3. The van der Waals surface area contributed by atoms with E-state index in [1.807, 2.05) is 30.3 Å². The van der Waals surface area contributed by atoms with E-state index in [0.29, 0.717) is 6.54 Å². The van der Waals surface area contributed by atoms with Gasteiger partial charge in [-0.05, 0) is 18.4 Å². The summed E-state index contributed by atoms with van der Waals surface area (Å²) < 4.78 is 0. The zero-order valence-electron chi connectivity index (χ0n) is 10.7. The van der Waals surface area contributed by atoms with Gasteiger partial charge >= 0.3 is 18.9 Å². The Bertz CT molecular complexity index is 452. The van der Waals surface area contributed by atoms with Crippen LogP contribution in [0.1, 0.15) is 31.2 Å². The third kappa shape index (κ3) is 2.25. The summed E-state index contributed by atoms with van der Waals surface area (Å²) in [5.41, 5.74) is 0.674. The van der Waals surface area contributed by atoms with Crippen LogP contribution in [-0.2, 0) is 11.3 Å². The molecule has 1 amide bonds. The van der Waals surface area contributed by atoms with Gasteiger partial charge in [0.1, 0.15) is 0 Å². The first-order valence-corrected chi connectivity index (χ1v) is 6.14. The molecular weight excluding hydrogens is 219 g/mol. The van der Waals surface area contributed by atoms with Crippen LogP contribution in [0.3, 0.4) is 0 Å². The summed E-state index contributed by atoms with van der Waals surface area (Å²) in [6, 6.07) is 9.99. The monoisotopic (exact) mass is 234 g/mol. The quantitative estimate of drug-likeness (QED) is 0.489. The molecule has 1 fully saturated rings. The van der Waals surface area contributed by atoms with E-state index >= 15 is 0 Å². The zero-order valence-corrected chi connectivity index (χ0v) is 10.7. The number of benzene rings is 1. The Balaban J connectivity index is 0.00000120. The second kappa shape index (κ2) is 5.30. The van der Waals surface area contributed by atoms with E-state index in [0.717, 1.165) is 31.2 Å². The van der Waals surface area contributed by atoms with Gasteiger partial charge in [-0.15, -0.1) is 0 Å². The van der Waals surface area contributed by atoms with Gasteiger partial charge in [0, 0.05) is 6.54 Å². The van der Waals surface area contributed by atoms with Crippen LogP contribution in [0.15, 0.2) is 35.3 Å². The van der Waals surface area contributed by atoms with Crippen molar-refractivity contribution in [3.8, 4) is 0 Å². The number of amides is 1. The van der Waals surface area contributed by atoms with Crippen molar-refractivity contribution in [2.24, 2.45) is 4.99 Å². The van der Waals surface area contributed by atoms with E-state index in [-0.39, 0.29) is 24.8 Å². The number of carbonyl (C=O) groups excluding carboxylic acids is 1. The van der Waals surface area contributed by atoms with Crippen LogP contribution in [0.2, 0.25) is 0 Å². The molecule has 1 aliphatic carbocycles. The summed E-state index contributed by atoms with van der Waals surface area (Å²) in [6.07, 6.45) is 6.90. The Kier molecular flexibility index (Phi) is 3.94. The molecule has 0 unspecified atom stereocenters. The SMILES string of the molecule is O=C1N(Cc2ccccc2)[C-]=NC12CCCC2.[Li+].